The number of rotatable bonds is 6. The van der Waals surface area contributed by atoms with Crippen molar-refractivity contribution >= 4 is 84.3 Å². The third kappa shape index (κ3) is 4.29. The fourth-order valence-corrected chi connectivity index (χ4v) is 7.99. The Labute approximate surface area is 237 Å². The van der Waals surface area contributed by atoms with E-state index in [0.717, 1.165) is 16.1 Å². The Morgan fingerprint density at radius 1 is 1.03 bits per heavy atom. The van der Waals surface area contributed by atoms with Crippen molar-refractivity contribution in [3.8, 4) is 0 Å². The van der Waals surface area contributed by atoms with Crippen LogP contribution in [0.2, 0.25) is 10.0 Å². The van der Waals surface area contributed by atoms with Crippen LogP contribution in [-0.4, -0.2) is 54.6 Å². The van der Waals surface area contributed by atoms with Gasteiger partial charge in [0.1, 0.15) is 6.54 Å². The Bertz CT molecular complexity index is 1340. The third-order valence-corrected chi connectivity index (χ3v) is 11.0. The lowest BCUT2D eigenvalue weighted by Gasteiger charge is -2.31. The largest absolute Gasteiger partial charge is 0.292 e. The summed E-state index contributed by atoms with van der Waals surface area (Å²) in [5.74, 6) is -4.12. The van der Waals surface area contributed by atoms with Crippen molar-refractivity contribution in [1.29, 1.82) is 0 Å². The average Bonchev–Trinajstić information content (AvgIpc) is 3.47. The minimum Gasteiger partial charge on any atom is -0.292 e. The summed E-state index contributed by atoms with van der Waals surface area (Å²) in [6.45, 7) is -0.708. The number of nitro benzene ring substituents is 1. The van der Waals surface area contributed by atoms with E-state index in [1.807, 2.05) is 0 Å². The molecule has 1 heterocycles. The van der Waals surface area contributed by atoms with Gasteiger partial charge < -0.3 is 0 Å². The molecule has 0 unspecified atom stereocenters. The minimum absolute atomic E-state index is 0.0168. The lowest BCUT2D eigenvalue weighted by molar-refractivity contribution is -0.384. The summed E-state index contributed by atoms with van der Waals surface area (Å²) in [5, 5.41) is 13.0. The number of hydrogen-bond donors (Lipinski definition) is 0. The number of benzene rings is 2. The Morgan fingerprint density at radius 2 is 1.65 bits per heavy atom. The number of alkyl halides is 2. The average molecular weight is 674 g/mol. The van der Waals surface area contributed by atoms with E-state index in [-0.39, 0.29) is 48.3 Å². The van der Waals surface area contributed by atoms with Crippen molar-refractivity contribution in [3.63, 3.8) is 0 Å². The molecule has 3 fully saturated rings. The predicted octanol–water partition coefficient (Wildman–Crippen LogP) is 4.92. The van der Waals surface area contributed by atoms with E-state index < -0.39 is 46.8 Å². The molecule has 2 saturated carbocycles. The van der Waals surface area contributed by atoms with Crippen molar-refractivity contribution < 1.29 is 24.1 Å². The molecule has 0 spiro atoms. The van der Waals surface area contributed by atoms with E-state index in [9.17, 15) is 29.3 Å². The molecule has 6 atom stereocenters. The number of amides is 3. The van der Waals surface area contributed by atoms with Gasteiger partial charge in [0.05, 0.1) is 27.3 Å². The highest BCUT2D eigenvalue weighted by molar-refractivity contribution is 9.12. The summed E-state index contributed by atoms with van der Waals surface area (Å²) in [4.78, 5) is 64.7. The maximum absolute atomic E-state index is 13.7. The van der Waals surface area contributed by atoms with E-state index in [0.29, 0.717) is 6.42 Å². The first-order valence-electron chi connectivity index (χ1n) is 11.2. The molecule has 3 amide bonds. The minimum atomic E-state index is -0.847. The first-order valence-corrected chi connectivity index (χ1v) is 13.8. The van der Waals surface area contributed by atoms with Crippen molar-refractivity contribution in [2.24, 2.45) is 23.7 Å². The van der Waals surface area contributed by atoms with Crippen LogP contribution in [0.5, 0.6) is 0 Å². The van der Waals surface area contributed by atoms with Gasteiger partial charge in [0.2, 0.25) is 0 Å². The van der Waals surface area contributed by atoms with Crippen LogP contribution in [-0.2, 0) is 9.59 Å². The summed E-state index contributed by atoms with van der Waals surface area (Å²) >= 11 is 19.5. The molecular weight excluding hydrogens is 657 g/mol. The molecule has 9 nitrogen and oxygen atoms in total. The summed E-state index contributed by atoms with van der Waals surface area (Å²) in [6.07, 6.45) is 0.691. The molecule has 2 aromatic carbocycles. The number of imide groups is 1. The van der Waals surface area contributed by atoms with Crippen LogP contribution < -0.4 is 0 Å². The highest BCUT2D eigenvalue weighted by atomic mass is 79.9. The molecular formula is C24H17Br2Cl2N3O6. The van der Waals surface area contributed by atoms with Gasteiger partial charge >= 0.3 is 0 Å². The molecule has 2 aliphatic carbocycles. The van der Waals surface area contributed by atoms with Crippen LogP contribution >= 0.6 is 55.1 Å². The second-order valence-corrected chi connectivity index (χ2v) is 12.2. The van der Waals surface area contributed by atoms with Gasteiger partial charge in [-0.3, -0.25) is 29.3 Å². The predicted molar refractivity (Wildman–Crippen MR) is 141 cm³/mol. The maximum Gasteiger partial charge on any atom is 0.274 e. The van der Waals surface area contributed by atoms with E-state index in [2.05, 4.69) is 31.9 Å². The number of Topliss-reactive ketones (excluding diaryl/α,β-unsaturated/α-hetero) is 1. The van der Waals surface area contributed by atoms with Crippen LogP contribution in [0.1, 0.15) is 27.1 Å². The molecule has 0 N–H and O–H groups in total. The second-order valence-electron chi connectivity index (χ2n) is 9.21. The smallest absolute Gasteiger partial charge is 0.274 e. The number of carbonyl (C=O) groups excluding carboxylic acids is 4. The molecule has 1 aliphatic heterocycles. The number of ketones is 1. The van der Waals surface area contributed by atoms with E-state index in [4.69, 9.17) is 23.2 Å². The Hall–Kier alpha value is -2.34. The van der Waals surface area contributed by atoms with Gasteiger partial charge in [-0.1, -0.05) is 67.2 Å². The topological polar surface area (TPSA) is 118 Å². The van der Waals surface area contributed by atoms with Crippen molar-refractivity contribution in [2.75, 3.05) is 6.54 Å². The maximum atomic E-state index is 13.7. The van der Waals surface area contributed by atoms with Gasteiger partial charge in [-0.15, -0.1) is 0 Å². The first-order chi connectivity index (χ1) is 17.5. The number of carbonyl (C=O) groups is 4. The van der Waals surface area contributed by atoms with Gasteiger partial charge in [-0.2, -0.15) is 5.01 Å². The molecule has 3 aliphatic rings. The molecule has 2 bridgehead atoms. The highest BCUT2D eigenvalue weighted by Gasteiger charge is 2.67. The molecule has 2 aromatic rings. The monoisotopic (exact) mass is 671 g/mol. The molecule has 13 heteroatoms. The molecule has 1 saturated heterocycles. The number of hydrazine groups is 1. The first kappa shape index (κ1) is 26.3. The fraction of sp³-hybridized carbons (Fsp3) is 0.333. The van der Waals surface area contributed by atoms with E-state index >= 15 is 0 Å². The highest BCUT2D eigenvalue weighted by Crippen LogP contribution is 2.60. The number of nitro groups is 1. The van der Waals surface area contributed by atoms with Crippen LogP contribution in [0, 0.1) is 33.8 Å². The van der Waals surface area contributed by atoms with Crippen LogP contribution in [0.25, 0.3) is 0 Å². The summed E-state index contributed by atoms with van der Waals surface area (Å²) < 4.78 is 0. The SMILES string of the molecule is O=C(CN(C(=O)c1ccc(Cl)cc1Cl)N1C(=O)[C@@H]2[C@H]3C[C@@H]([C@H](Br)[C@H]3Br)[C@@H]2C1=O)c1cccc([N+](=O)[O-])c1. The zero-order chi connectivity index (χ0) is 26.8. The van der Waals surface area contributed by atoms with Crippen molar-refractivity contribution in [1.82, 2.24) is 10.0 Å². The lowest BCUT2D eigenvalue weighted by Crippen LogP contribution is -2.52. The Kier molecular flexibility index (Phi) is 6.93. The summed E-state index contributed by atoms with van der Waals surface area (Å²) in [5.41, 5.74) is -0.416. The standard InChI is InChI=1S/C24H17Br2Cl2N3O6/c25-20-14-8-15(21(20)26)19-18(14)23(34)30(24(19)35)29(22(33)13-5-4-11(27)7-16(13)28)9-17(32)10-2-1-3-12(6-10)31(36)37/h1-7,14-15,18-21H,8-9H2/t14-,15-,18-,19+,20+,21+/m1/s1. The zero-order valence-electron chi connectivity index (χ0n) is 18.7. The van der Waals surface area contributed by atoms with Crippen molar-refractivity contribution in [2.45, 2.75) is 16.1 Å². The lowest BCUT2D eigenvalue weighted by atomic mass is 9.81. The molecule has 192 valence electrons. The molecule has 0 radical (unpaired) electrons. The number of hydrogen-bond acceptors (Lipinski definition) is 6. The summed E-state index contributed by atoms with van der Waals surface area (Å²) in [7, 11) is 0. The normalized spacial score (nSPS) is 27.9. The number of nitrogens with zero attached hydrogens (tertiary/aromatic N) is 3. The second kappa shape index (κ2) is 9.76. The molecule has 5 rings (SSSR count). The molecule has 37 heavy (non-hydrogen) atoms. The zero-order valence-corrected chi connectivity index (χ0v) is 23.4. The van der Waals surface area contributed by atoms with Gasteiger partial charge in [0.15, 0.2) is 5.78 Å². The third-order valence-electron chi connectivity index (χ3n) is 7.27. The Balaban J connectivity index is 1.53. The van der Waals surface area contributed by atoms with Crippen molar-refractivity contribution in [3.05, 3.63) is 73.8 Å². The number of halogens is 4. The fourth-order valence-electron chi connectivity index (χ4n) is 5.63. The van der Waals surface area contributed by atoms with Gasteiger partial charge in [0, 0.05) is 32.4 Å². The number of non-ortho nitro benzene ring substituents is 1. The van der Waals surface area contributed by atoms with Crippen LogP contribution in [0.15, 0.2) is 42.5 Å². The summed E-state index contributed by atoms with van der Waals surface area (Å²) in [6, 6.07) is 9.11. The quantitative estimate of drug-likeness (QED) is 0.141. The van der Waals surface area contributed by atoms with Gasteiger partial charge in [-0.05, 0) is 36.5 Å². The van der Waals surface area contributed by atoms with E-state index in [1.54, 1.807) is 0 Å². The van der Waals surface area contributed by atoms with E-state index in [1.165, 1.54) is 36.4 Å². The Morgan fingerprint density at radius 3 is 2.22 bits per heavy atom. The van der Waals surface area contributed by atoms with Gasteiger partial charge in [-0.25, -0.2) is 5.01 Å². The van der Waals surface area contributed by atoms with Gasteiger partial charge in [0.25, 0.3) is 23.4 Å². The number of fused-ring (bicyclic) bond motifs is 5. The molecule has 0 aromatic heterocycles. The van der Waals surface area contributed by atoms with Crippen LogP contribution in [0.3, 0.4) is 0 Å². The van der Waals surface area contributed by atoms with Crippen LogP contribution in [0.4, 0.5) is 5.69 Å².